The minimum Gasteiger partial charge on any atom is -0.495 e. The number of carbonyl (C=O) groups excluding carboxylic acids is 1. The summed E-state index contributed by atoms with van der Waals surface area (Å²) < 4.78 is 33.2. The molecule has 1 N–H and O–H groups in total. The van der Waals surface area contributed by atoms with Crippen molar-refractivity contribution in [2.45, 2.75) is 37.1 Å². The molecule has 1 aliphatic carbocycles. The third kappa shape index (κ3) is 4.71. The molecule has 0 bridgehead atoms. The SMILES string of the molecule is COc1ccc(C(=O)Nc2sc3c(c2C#N)CCCC3)cc1S(=O)(=O)N(C)Cc1ccccc1. The number of rotatable bonds is 7. The quantitative estimate of drug-likeness (QED) is 0.517. The van der Waals surface area contributed by atoms with Gasteiger partial charge in [-0.2, -0.15) is 9.57 Å². The molecule has 3 aromatic rings. The number of methoxy groups -OCH3 is 1. The van der Waals surface area contributed by atoms with Gasteiger partial charge in [-0.05, 0) is 55.0 Å². The van der Waals surface area contributed by atoms with Crippen LogP contribution in [0.4, 0.5) is 5.00 Å². The van der Waals surface area contributed by atoms with Crippen molar-refractivity contribution >= 4 is 32.3 Å². The van der Waals surface area contributed by atoms with Gasteiger partial charge in [0.2, 0.25) is 10.0 Å². The molecule has 4 rings (SSSR count). The van der Waals surface area contributed by atoms with Gasteiger partial charge >= 0.3 is 0 Å². The van der Waals surface area contributed by atoms with E-state index < -0.39 is 15.9 Å². The molecular formula is C25H25N3O4S2. The van der Waals surface area contributed by atoms with Crippen molar-refractivity contribution in [1.82, 2.24) is 4.31 Å². The maximum atomic E-state index is 13.4. The zero-order valence-corrected chi connectivity index (χ0v) is 20.6. The molecule has 0 aliphatic heterocycles. The monoisotopic (exact) mass is 495 g/mol. The van der Waals surface area contributed by atoms with Crippen LogP contribution in [0.25, 0.3) is 0 Å². The molecule has 0 unspecified atom stereocenters. The average molecular weight is 496 g/mol. The number of nitrogens with one attached hydrogen (secondary N) is 1. The number of aryl methyl sites for hydroxylation is 1. The molecule has 0 atom stereocenters. The molecular weight excluding hydrogens is 470 g/mol. The lowest BCUT2D eigenvalue weighted by molar-refractivity contribution is 0.102. The van der Waals surface area contributed by atoms with Gasteiger partial charge in [-0.1, -0.05) is 30.3 Å². The van der Waals surface area contributed by atoms with Crippen molar-refractivity contribution in [1.29, 1.82) is 5.26 Å². The van der Waals surface area contributed by atoms with Crippen LogP contribution in [0.2, 0.25) is 0 Å². The van der Waals surface area contributed by atoms with Crippen LogP contribution >= 0.6 is 11.3 Å². The molecule has 1 amide bonds. The minimum atomic E-state index is -3.95. The number of hydrogen-bond donors (Lipinski definition) is 1. The highest BCUT2D eigenvalue weighted by Gasteiger charge is 2.27. The molecule has 34 heavy (non-hydrogen) atoms. The molecule has 7 nitrogen and oxygen atoms in total. The number of benzene rings is 2. The summed E-state index contributed by atoms with van der Waals surface area (Å²) >= 11 is 1.43. The zero-order chi connectivity index (χ0) is 24.3. The predicted molar refractivity (Wildman–Crippen MR) is 132 cm³/mol. The molecule has 1 aliphatic rings. The number of hydrogen-bond acceptors (Lipinski definition) is 6. The van der Waals surface area contributed by atoms with E-state index in [-0.39, 0.29) is 22.8 Å². The van der Waals surface area contributed by atoms with E-state index in [1.165, 1.54) is 48.0 Å². The van der Waals surface area contributed by atoms with Crippen LogP contribution in [-0.4, -0.2) is 32.8 Å². The van der Waals surface area contributed by atoms with E-state index in [2.05, 4.69) is 11.4 Å². The smallest absolute Gasteiger partial charge is 0.256 e. The summed E-state index contributed by atoms with van der Waals surface area (Å²) in [7, 11) is -1.07. The van der Waals surface area contributed by atoms with Crippen molar-refractivity contribution in [3.05, 3.63) is 75.7 Å². The maximum Gasteiger partial charge on any atom is 0.256 e. The first kappa shape index (κ1) is 24.0. The van der Waals surface area contributed by atoms with Crippen LogP contribution in [0.5, 0.6) is 5.75 Å². The molecule has 0 spiro atoms. The molecule has 0 saturated carbocycles. The van der Waals surface area contributed by atoms with Crippen molar-refractivity contribution in [2.75, 3.05) is 19.5 Å². The van der Waals surface area contributed by atoms with Gasteiger partial charge in [-0.3, -0.25) is 4.79 Å². The largest absolute Gasteiger partial charge is 0.495 e. The van der Waals surface area contributed by atoms with Crippen LogP contribution in [0.15, 0.2) is 53.4 Å². The van der Waals surface area contributed by atoms with Gasteiger partial charge in [-0.15, -0.1) is 11.3 Å². The Bertz CT molecular complexity index is 1360. The Morgan fingerprint density at radius 2 is 1.91 bits per heavy atom. The fourth-order valence-corrected chi connectivity index (χ4v) is 6.63. The second-order valence-electron chi connectivity index (χ2n) is 8.09. The van der Waals surface area contributed by atoms with Crippen molar-refractivity contribution < 1.29 is 17.9 Å². The number of nitrogens with zero attached hydrogens (tertiary/aromatic N) is 2. The number of carbonyl (C=O) groups is 1. The maximum absolute atomic E-state index is 13.4. The second-order valence-corrected chi connectivity index (χ2v) is 11.2. The summed E-state index contributed by atoms with van der Waals surface area (Å²) in [6, 6.07) is 15.8. The standard InChI is InChI=1S/C25H25N3O4S2/c1-28(16-17-8-4-3-5-9-17)34(30,31)23-14-18(12-13-21(23)32-2)24(29)27-25-20(15-26)19-10-6-7-11-22(19)33-25/h3-5,8-9,12-14H,6-7,10-11,16H2,1-2H3,(H,27,29). The van der Waals surface area contributed by atoms with Gasteiger partial charge in [-0.25, -0.2) is 8.42 Å². The lowest BCUT2D eigenvalue weighted by Crippen LogP contribution is -2.27. The molecule has 1 heterocycles. The topological polar surface area (TPSA) is 99.5 Å². The molecule has 176 valence electrons. The number of amides is 1. The average Bonchev–Trinajstić information content (AvgIpc) is 3.20. The summed E-state index contributed by atoms with van der Waals surface area (Å²) in [6.07, 6.45) is 3.84. The van der Waals surface area contributed by atoms with Gasteiger partial charge in [0.1, 0.15) is 21.7 Å². The number of nitriles is 1. The first-order valence-corrected chi connectivity index (χ1v) is 13.1. The van der Waals surface area contributed by atoms with Gasteiger partial charge in [0.25, 0.3) is 5.91 Å². The Morgan fingerprint density at radius 3 is 2.62 bits per heavy atom. The second kappa shape index (κ2) is 9.97. The normalized spacial score (nSPS) is 13.2. The highest BCUT2D eigenvalue weighted by Crippen LogP contribution is 2.38. The van der Waals surface area contributed by atoms with Gasteiger partial charge in [0.05, 0.1) is 12.7 Å². The van der Waals surface area contributed by atoms with Crippen LogP contribution in [0, 0.1) is 11.3 Å². The van der Waals surface area contributed by atoms with E-state index in [1.54, 1.807) is 0 Å². The minimum absolute atomic E-state index is 0.0907. The van der Waals surface area contributed by atoms with Crippen molar-refractivity contribution in [2.24, 2.45) is 0 Å². The summed E-state index contributed by atoms with van der Waals surface area (Å²) in [5.74, 6) is -0.319. The van der Waals surface area contributed by atoms with Crippen LogP contribution in [-0.2, 0) is 29.4 Å². The number of ether oxygens (including phenoxy) is 1. The van der Waals surface area contributed by atoms with E-state index in [9.17, 15) is 18.5 Å². The highest BCUT2D eigenvalue weighted by atomic mass is 32.2. The van der Waals surface area contributed by atoms with Gasteiger partial charge in [0.15, 0.2) is 0 Å². The molecule has 2 aromatic carbocycles. The Kier molecular flexibility index (Phi) is 7.03. The molecule has 9 heteroatoms. The Labute approximate surface area is 203 Å². The fraction of sp³-hybridized carbons (Fsp3) is 0.280. The Balaban J connectivity index is 1.63. The molecule has 0 fully saturated rings. The predicted octanol–water partition coefficient (Wildman–Crippen LogP) is 4.58. The first-order valence-electron chi connectivity index (χ1n) is 10.9. The lowest BCUT2D eigenvalue weighted by Gasteiger charge is -2.19. The highest BCUT2D eigenvalue weighted by molar-refractivity contribution is 7.89. The summed E-state index contributed by atoms with van der Waals surface area (Å²) in [5.41, 5.74) is 2.54. The number of anilines is 1. The first-order chi connectivity index (χ1) is 16.3. The molecule has 0 saturated heterocycles. The summed E-state index contributed by atoms with van der Waals surface area (Å²) in [4.78, 5) is 14.1. The molecule has 1 aromatic heterocycles. The van der Waals surface area contributed by atoms with Crippen molar-refractivity contribution in [3.8, 4) is 11.8 Å². The number of thiophene rings is 1. The Hall–Kier alpha value is -3.19. The Morgan fingerprint density at radius 1 is 1.18 bits per heavy atom. The van der Waals surface area contributed by atoms with Crippen LogP contribution in [0.3, 0.4) is 0 Å². The third-order valence-electron chi connectivity index (χ3n) is 5.87. The summed E-state index contributed by atoms with van der Waals surface area (Å²) in [6.45, 7) is 0.176. The van der Waals surface area contributed by atoms with E-state index >= 15 is 0 Å². The van der Waals surface area contributed by atoms with E-state index in [0.29, 0.717) is 10.6 Å². The summed E-state index contributed by atoms with van der Waals surface area (Å²) in [5, 5.41) is 13.0. The fourth-order valence-electron chi connectivity index (χ4n) is 4.06. The van der Waals surface area contributed by atoms with E-state index in [1.807, 2.05) is 30.3 Å². The van der Waals surface area contributed by atoms with Crippen LogP contribution in [0.1, 0.15) is 44.8 Å². The number of sulfonamides is 1. The van der Waals surface area contributed by atoms with E-state index in [4.69, 9.17) is 4.74 Å². The van der Waals surface area contributed by atoms with Gasteiger partial charge < -0.3 is 10.1 Å². The third-order valence-corrected chi connectivity index (χ3v) is 8.90. The van der Waals surface area contributed by atoms with Crippen molar-refractivity contribution in [3.63, 3.8) is 0 Å². The van der Waals surface area contributed by atoms with Crippen LogP contribution < -0.4 is 10.1 Å². The number of fused-ring (bicyclic) bond motifs is 1. The van der Waals surface area contributed by atoms with E-state index in [0.717, 1.165) is 41.7 Å². The van der Waals surface area contributed by atoms with Gasteiger partial charge in [0, 0.05) is 24.0 Å². The zero-order valence-electron chi connectivity index (χ0n) is 19.0. The lowest BCUT2D eigenvalue weighted by atomic mass is 9.96. The molecule has 0 radical (unpaired) electrons.